The number of carbonyl (C=O) groups is 2. The van der Waals surface area contributed by atoms with Gasteiger partial charge in [0.25, 0.3) is 0 Å². The first kappa shape index (κ1) is 46.5. The fourth-order valence-electron chi connectivity index (χ4n) is 6.12. The molecule has 0 aliphatic carbocycles. The Hall–Kier alpha value is -1.56. The zero-order valence-corrected chi connectivity index (χ0v) is 31.7. The molecule has 6 atom stereocenters. The molecule has 1 aliphatic rings. The predicted molar refractivity (Wildman–Crippen MR) is 196 cm³/mol. The average molecular weight is 715 g/mol. The zero-order valence-electron chi connectivity index (χ0n) is 31.7. The van der Waals surface area contributed by atoms with E-state index in [1.165, 1.54) is 89.9 Å². The molecule has 0 spiro atoms. The van der Waals surface area contributed by atoms with Crippen LogP contribution in [0.3, 0.4) is 0 Å². The Morgan fingerprint density at radius 3 is 1.56 bits per heavy atom. The molecule has 1 fully saturated rings. The SMILES string of the molecule is CCCCCCCC/C=C\CCCCCCCC(=O)OC(COC(=O)CCCCCCCCCCCC)COC1OC(CO)C(O)C(O)C1O. The molecule has 0 bridgehead atoms. The Balaban J connectivity index is 2.38. The van der Waals surface area contributed by atoms with Crippen LogP contribution < -0.4 is 0 Å². The van der Waals surface area contributed by atoms with Gasteiger partial charge in [0.1, 0.15) is 31.0 Å². The van der Waals surface area contributed by atoms with Crippen molar-refractivity contribution in [2.24, 2.45) is 0 Å². The first-order valence-electron chi connectivity index (χ1n) is 20.3. The standard InChI is InChI=1S/C40H74O10/c1-3-5-7-9-11-13-15-16-17-18-19-21-23-25-27-29-36(43)49-33(32-48-40-39(46)38(45)37(44)34(30-41)50-40)31-47-35(42)28-26-24-22-20-14-12-10-8-6-4-2/h16-17,33-34,37-41,44-46H,3-15,18-32H2,1-2H3/b17-16-. The van der Waals surface area contributed by atoms with Gasteiger partial charge in [-0.25, -0.2) is 0 Å². The van der Waals surface area contributed by atoms with E-state index in [0.717, 1.165) is 51.4 Å². The van der Waals surface area contributed by atoms with Crippen molar-refractivity contribution in [2.75, 3.05) is 19.8 Å². The van der Waals surface area contributed by atoms with Crippen molar-refractivity contribution in [1.29, 1.82) is 0 Å². The molecular formula is C40H74O10. The second kappa shape index (κ2) is 32.1. The molecule has 1 saturated heterocycles. The van der Waals surface area contributed by atoms with E-state index in [2.05, 4.69) is 26.0 Å². The third-order valence-electron chi connectivity index (χ3n) is 9.40. The third-order valence-corrected chi connectivity index (χ3v) is 9.40. The summed E-state index contributed by atoms with van der Waals surface area (Å²) in [4.78, 5) is 25.2. The lowest BCUT2D eigenvalue weighted by Gasteiger charge is -2.39. The summed E-state index contributed by atoms with van der Waals surface area (Å²) in [6, 6.07) is 0. The largest absolute Gasteiger partial charge is 0.462 e. The van der Waals surface area contributed by atoms with Crippen molar-refractivity contribution in [1.82, 2.24) is 0 Å². The zero-order chi connectivity index (χ0) is 36.7. The molecule has 4 N–H and O–H groups in total. The fraction of sp³-hybridized carbons (Fsp3) is 0.900. The maximum absolute atomic E-state index is 12.7. The van der Waals surface area contributed by atoms with Crippen molar-refractivity contribution < 1.29 is 49.0 Å². The van der Waals surface area contributed by atoms with Gasteiger partial charge in [0.2, 0.25) is 0 Å². The van der Waals surface area contributed by atoms with Crippen LogP contribution in [0.15, 0.2) is 12.2 Å². The van der Waals surface area contributed by atoms with E-state index in [4.69, 9.17) is 18.9 Å². The van der Waals surface area contributed by atoms with Gasteiger partial charge in [-0.15, -0.1) is 0 Å². The van der Waals surface area contributed by atoms with Crippen molar-refractivity contribution >= 4 is 11.9 Å². The number of aliphatic hydroxyl groups excluding tert-OH is 4. The molecule has 1 heterocycles. The number of ether oxygens (including phenoxy) is 4. The number of aliphatic hydroxyl groups is 4. The highest BCUT2D eigenvalue weighted by molar-refractivity contribution is 5.70. The number of unbranched alkanes of at least 4 members (excludes halogenated alkanes) is 20. The molecule has 1 aliphatic heterocycles. The topological polar surface area (TPSA) is 152 Å². The highest BCUT2D eigenvalue weighted by atomic mass is 16.7. The molecule has 0 aromatic rings. The van der Waals surface area contributed by atoms with Gasteiger partial charge in [-0.05, 0) is 38.5 Å². The van der Waals surface area contributed by atoms with Crippen LogP contribution in [0.1, 0.15) is 174 Å². The van der Waals surface area contributed by atoms with Crippen LogP contribution in [0.4, 0.5) is 0 Å². The molecular weight excluding hydrogens is 640 g/mol. The summed E-state index contributed by atoms with van der Waals surface area (Å²) in [5.41, 5.74) is 0. The van der Waals surface area contributed by atoms with Crippen LogP contribution in [-0.2, 0) is 28.5 Å². The van der Waals surface area contributed by atoms with Crippen molar-refractivity contribution in [2.45, 2.75) is 211 Å². The maximum Gasteiger partial charge on any atom is 0.306 e. The van der Waals surface area contributed by atoms with E-state index in [0.29, 0.717) is 6.42 Å². The molecule has 0 aromatic carbocycles. The highest BCUT2D eigenvalue weighted by Gasteiger charge is 2.44. The van der Waals surface area contributed by atoms with E-state index in [-0.39, 0.29) is 32.0 Å². The molecule has 10 nitrogen and oxygen atoms in total. The minimum absolute atomic E-state index is 0.216. The van der Waals surface area contributed by atoms with E-state index in [9.17, 15) is 30.0 Å². The molecule has 1 rings (SSSR count). The van der Waals surface area contributed by atoms with Crippen LogP contribution >= 0.6 is 0 Å². The molecule has 10 heteroatoms. The Kier molecular flexibility index (Phi) is 29.8. The quantitative estimate of drug-likeness (QED) is 0.0304. The van der Waals surface area contributed by atoms with Gasteiger partial charge >= 0.3 is 11.9 Å². The number of esters is 2. The van der Waals surface area contributed by atoms with Gasteiger partial charge in [-0.2, -0.15) is 0 Å². The van der Waals surface area contributed by atoms with Crippen LogP contribution in [0.2, 0.25) is 0 Å². The van der Waals surface area contributed by atoms with Crippen molar-refractivity contribution in [3.05, 3.63) is 12.2 Å². The number of allylic oxidation sites excluding steroid dienone is 2. The lowest BCUT2D eigenvalue weighted by Crippen LogP contribution is -2.59. The third kappa shape index (κ3) is 23.8. The van der Waals surface area contributed by atoms with Gasteiger partial charge in [-0.3, -0.25) is 9.59 Å². The number of carbonyl (C=O) groups excluding carboxylic acids is 2. The van der Waals surface area contributed by atoms with Gasteiger partial charge in [-0.1, -0.05) is 135 Å². The average Bonchev–Trinajstić information content (AvgIpc) is 3.11. The monoisotopic (exact) mass is 715 g/mol. The maximum atomic E-state index is 12.7. The second-order valence-electron chi connectivity index (χ2n) is 14.1. The number of hydrogen-bond donors (Lipinski definition) is 4. The Bertz CT molecular complexity index is 835. The summed E-state index contributed by atoms with van der Waals surface area (Å²) < 4.78 is 22.1. The molecule has 50 heavy (non-hydrogen) atoms. The summed E-state index contributed by atoms with van der Waals surface area (Å²) in [7, 11) is 0. The summed E-state index contributed by atoms with van der Waals surface area (Å²) in [6.45, 7) is 3.39. The Labute approximate surface area is 303 Å². The minimum atomic E-state index is -1.59. The number of hydrogen-bond acceptors (Lipinski definition) is 10. The Morgan fingerprint density at radius 1 is 0.600 bits per heavy atom. The molecule has 0 amide bonds. The van der Waals surface area contributed by atoms with Crippen LogP contribution in [0, 0.1) is 0 Å². The Morgan fingerprint density at radius 2 is 1.06 bits per heavy atom. The van der Waals surface area contributed by atoms with Crippen LogP contribution in [0.5, 0.6) is 0 Å². The lowest BCUT2D eigenvalue weighted by molar-refractivity contribution is -0.305. The first-order valence-corrected chi connectivity index (χ1v) is 20.3. The van der Waals surface area contributed by atoms with Crippen molar-refractivity contribution in [3.63, 3.8) is 0 Å². The summed E-state index contributed by atoms with van der Waals surface area (Å²) in [5, 5.41) is 39.9. The smallest absolute Gasteiger partial charge is 0.306 e. The van der Waals surface area contributed by atoms with Gasteiger partial charge in [0.05, 0.1) is 13.2 Å². The predicted octanol–water partition coefficient (Wildman–Crippen LogP) is 7.61. The molecule has 0 radical (unpaired) electrons. The molecule has 0 aromatic heterocycles. The van der Waals surface area contributed by atoms with Crippen LogP contribution in [-0.4, -0.2) is 89.0 Å². The minimum Gasteiger partial charge on any atom is -0.462 e. The van der Waals surface area contributed by atoms with E-state index < -0.39 is 49.4 Å². The van der Waals surface area contributed by atoms with Crippen molar-refractivity contribution in [3.8, 4) is 0 Å². The first-order chi connectivity index (χ1) is 24.3. The van der Waals surface area contributed by atoms with E-state index >= 15 is 0 Å². The van der Waals surface area contributed by atoms with E-state index in [1.54, 1.807) is 0 Å². The lowest BCUT2D eigenvalue weighted by atomic mass is 9.99. The number of rotatable bonds is 33. The normalized spacial score (nSPS) is 21.4. The van der Waals surface area contributed by atoms with Gasteiger partial charge in [0.15, 0.2) is 12.4 Å². The second-order valence-corrected chi connectivity index (χ2v) is 14.1. The van der Waals surface area contributed by atoms with Gasteiger partial charge in [0, 0.05) is 12.8 Å². The van der Waals surface area contributed by atoms with E-state index in [1.807, 2.05) is 0 Å². The summed E-state index contributed by atoms with van der Waals surface area (Å²) in [6.07, 6.45) is 23.7. The molecule has 294 valence electrons. The van der Waals surface area contributed by atoms with Gasteiger partial charge < -0.3 is 39.4 Å². The van der Waals surface area contributed by atoms with Crippen LogP contribution in [0.25, 0.3) is 0 Å². The fourth-order valence-corrected chi connectivity index (χ4v) is 6.12. The highest BCUT2D eigenvalue weighted by Crippen LogP contribution is 2.22. The molecule has 0 saturated carbocycles. The molecule has 6 unspecified atom stereocenters. The summed E-state index contributed by atoms with van der Waals surface area (Å²) in [5.74, 6) is -0.813. The summed E-state index contributed by atoms with van der Waals surface area (Å²) >= 11 is 0.